The second-order valence-corrected chi connectivity index (χ2v) is 4.29. The van der Waals surface area contributed by atoms with Gasteiger partial charge in [-0.05, 0) is 37.7 Å². The van der Waals surface area contributed by atoms with Crippen LogP contribution in [-0.4, -0.2) is 11.6 Å². The summed E-state index contributed by atoms with van der Waals surface area (Å²) in [5.74, 6) is 1.32. The van der Waals surface area contributed by atoms with E-state index in [2.05, 4.69) is 0 Å². The van der Waals surface area contributed by atoms with Crippen molar-refractivity contribution < 1.29 is 9.53 Å². The average Bonchev–Trinajstić information content (AvgIpc) is 2.67. The lowest BCUT2D eigenvalue weighted by atomic mass is 9.84. The van der Waals surface area contributed by atoms with E-state index in [-0.39, 0.29) is 11.6 Å². The lowest BCUT2D eigenvalue weighted by Gasteiger charge is -2.30. The Morgan fingerprint density at radius 2 is 2.42 bits per heavy atom. The van der Waals surface area contributed by atoms with Crippen molar-refractivity contribution in [2.24, 2.45) is 11.8 Å². The largest absolute Gasteiger partial charge is 0.451 e. The van der Waals surface area contributed by atoms with E-state index in [1.807, 2.05) is 6.08 Å². The van der Waals surface area contributed by atoms with Crippen molar-refractivity contribution in [3.05, 3.63) is 12.2 Å². The van der Waals surface area contributed by atoms with Gasteiger partial charge in [-0.25, -0.2) is 4.79 Å². The van der Waals surface area contributed by atoms with Gasteiger partial charge < -0.3 is 4.74 Å². The Hall–Kier alpha value is -0.790. The van der Waals surface area contributed by atoms with E-state index < -0.39 is 0 Å². The van der Waals surface area contributed by atoms with Crippen molar-refractivity contribution >= 4 is 5.97 Å². The van der Waals surface area contributed by atoms with Crippen LogP contribution in [0.5, 0.6) is 0 Å². The highest BCUT2D eigenvalue weighted by Gasteiger charge is 2.53. The van der Waals surface area contributed by atoms with E-state index in [0.29, 0.717) is 5.92 Å². The van der Waals surface area contributed by atoms with Gasteiger partial charge in [0.1, 0.15) is 5.60 Å². The lowest BCUT2D eigenvalue weighted by molar-refractivity contribution is -0.149. The molecule has 0 saturated heterocycles. The number of carbonyl (C=O) groups excluding carboxylic acids is 1. The molecular formula is C10H12O2. The molecule has 3 aliphatic rings. The zero-order chi connectivity index (χ0) is 8.18. The van der Waals surface area contributed by atoms with Crippen molar-refractivity contribution in [1.82, 2.24) is 0 Å². The van der Waals surface area contributed by atoms with Crippen molar-refractivity contribution in [2.75, 3.05) is 0 Å². The number of hydrogen-bond donors (Lipinski definition) is 0. The van der Waals surface area contributed by atoms with E-state index in [9.17, 15) is 4.79 Å². The molecule has 0 aromatic carbocycles. The van der Waals surface area contributed by atoms with Crippen LogP contribution in [-0.2, 0) is 9.53 Å². The normalized spacial score (nSPS) is 49.2. The highest BCUT2D eigenvalue weighted by Crippen LogP contribution is 2.54. The highest BCUT2D eigenvalue weighted by molar-refractivity contribution is 5.85. The molecule has 1 aliphatic heterocycles. The Balaban J connectivity index is 1.94. The molecule has 3 rings (SSSR count). The molecule has 0 amide bonds. The van der Waals surface area contributed by atoms with Gasteiger partial charge in [-0.3, -0.25) is 0 Å². The van der Waals surface area contributed by atoms with Crippen LogP contribution in [0.2, 0.25) is 0 Å². The molecule has 2 bridgehead atoms. The summed E-state index contributed by atoms with van der Waals surface area (Å²) in [5.41, 5.74) is -0.153. The van der Waals surface area contributed by atoms with Gasteiger partial charge in [0.2, 0.25) is 0 Å². The van der Waals surface area contributed by atoms with Crippen LogP contribution >= 0.6 is 0 Å². The number of fused-ring (bicyclic) bond motifs is 3. The van der Waals surface area contributed by atoms with Crippen LogP contribution in [0.4, 0.5) is 0 Å². The predicted molar refractivity (Wildman–Crippen MR) is 43.4 cm³/mol. The average molecular weight is 164 g/mol. The van der Waals surface area contributed by atoms with Crippen molar-refractivity contribution in [2.45, 2.75) is 31.3 Å². The maximum Gasteiger partial charge on any atom is 0.331 e. The SMILES string of the molecule is O=C1C=CC2(CC3CCC2C3)O1. The topological polar surface area (TPSA) is 26.3 Å². The molecule has 2 heteroatoms. The molecule has 2 nitrogen and oxygen atoms in total. The standard InChI is InChI=1S/C10H12O2/c11-9-3-4-10(12-9)6-7-1-2-8(10)5-7/h3-4,7-8H,1-2,5-6H2. The molecule has 0 aromatic rings. The summed E-state index contributed by atoms with van der Waals surface area (Å²) in [5, 5.41) is 0. The number of hydrogen-bond acceptors (Lipinski definition) is 2. The summed E-state index contributed by atoms with van der Waals surface area (Å²) in [6.07, 6.45) is 8.55. The fraction of sp³-hybridized carbons (Fsp3) is 0.700. The third-order valence-electron chi connectivity index (χ3n) is 3.63. The van der Waals surface area contributed by atoms with E-state index in [1.165, 1.54) is 19.3 Å². The van der Waals surface area contributed by atoms with Gasteiger partial charge in [0.25, 0.3) is 0 Å². The van der Waals surface area contributed by atoms with Crippen LogP contribution in [0.3, 0.4) is 0 Å². The summed E-state index contributed by atoms with van der Waals surface area (Å²) in [6, 6.07) is 0. The molecule has 2 fully saturated rings. The van der Waals surface area contributed by atoms with Crippen LogP contribution in [0, 0.1) is 11.8 Å². The van der Waals surface area contributed by atoms with Crippen LogP contribution in [0.15, 0.2) is 12.2 Å². The van der Waals surface area contributed by atoms with E-state index >= 15 is 0 Å². The lowest BCUT2D eigenvalue weighted by Crippen LogP contribution is -2.34. The Morgan fingerprint density at radius 1 is 1.50 bits per heavy atom. The number of carbonyl (C=O) groups is 1. The van der Waals surface area contributed by atoms with Gasteiger partial charge in [0, 0.05) is 12.0 Å². The quantitative estimate of drug-likeness (QED) is 0.509. The Kier molecular flexibility index (Phi) is 1.07. The molecule has 2 aliphatic carbocycles. The third kappa shape index (κ3) is 0.680. The summed E-state index contributed by atoms with van der Waals surface area (Å²) in [6.45, 7) is 0. The minimum absolute atomic E-state index is 0.137. The molecule has 3 atom stereocenters. The first-order valence-corrected chi connectivity index (χ1v) is 4.71. The zero-order valence-electron chi connectivity index (χ0n) is 6.95. The van der Waals surface area contributed by atoms with Crippen LogP contribution in [0.1, 0.15) is 25.7 Å². The fourth-order valence-electron chi connectivity index (χ4n) is 3.12. The maximum absolute atomic E-state index is 11.0. The van der Waals surface area contributed by atoms with Crippen LogP contribution in [0.25, 0.3) is 0 Å². The van der Waals surface area contributed by atoms with Gasteiger partial charge in [-0.1, -0.05) is 0 Å². The van der Waals surface area contributed by atoms with Crippen molar-refractivity contribution in [1.29, 1.82) is 0 Å². The van der Waals surface area contributed by atoms with Crippen molar-refractivity contribution in [3.63, 3.8) is 0 Å². The molecule has 3 unspecified atom stereocenters. The van der Waals surface area contributed by atoms with Gasteiger partial charge in [-0.15, -0.1) is 0 Å². The van der Waals surface area contributed by atoms with Gasteiger partial charge in [0.05, 0.1) is 0 Å². The minimum atomic E-state index is -0.153. The second-order valence-electron chi connectivity index (χ2n) is 4.29. The first-order valence-electron chi connectivity index (χ1n) is 4.71. The number of esters is 1. The first-order chi connectivity index (χ1) is 5.78. The Labute approximate surface area is 71.6 Å². The molecule has 1 heterocycles. The molecule has 1 spiro atoms. The molecule has 64 valence electrons. The second kappa shape index (κ2) is 1.93. The van der Waals surface area contributed by atoms with Crippen molar-refractivity contribution in [3.8, 4) is 0 Å². The zero-order valence-corrected chi connectivity index (χ0v) is 6.95. The molecular weight excluding hydrogens is 152 g/mol. The number of rotatable bonds is 0. The van der Waals surface area contributed by atoms with E-state index in [4.69, 9.17) is 4.74 Å². The van der Waals surface area contributed by atoms with Gasteiger partial charge in [0.15, 0.2) is 0 Å². The maximum atomic E-state index is 11.0. The van der Waals surface area contributed by atoms with E-state index in [0.717, 1.165) is 12.3 Å². The van der Waals surface area contributed by atoms with Crippen LogP contribution < -0.4 is 0 Å². The predicted octanol–water partition coefficient (Wildman–Crippen LogP) is 1.66. The molecule has 0 aromatic heterocycles. The molecule has 0 N–H and O–H groups in total. The minimum Gasteiger partial charge on any atom is -0.451 e. The fourth-order valence-corrected chi connectivity index (χ4v) is 3.12. The summed E-state index contributed by atoms with van der Waals surface area (Å²) < 4.78 is 5.39. The molecule has 12 heavy (non-hydrogen) atoms. The first kappa shape index (κ1) is 6.70. The molecule has 0 radical (unpaired) electrons. The van der Waals surface area contributed by atoms with Gasteiger partial charge >= 0.3 is 5.97 Å². The van der Waals surface area contributed by atoms with Gasteiger partial charge in [-0.2, -0.15) is 0 Å². The summed E-state index contributed by atoms with van der Waals surface area (Å²) >= 11 is 0. The Bertz CT molecular complexity index is 269. The van der Waals surface area contributed by atoms with E-state index in [1.54, 1.807) is 6.08 Å². The highest BCUT2D eigenvalue weighted by atomic mass is 16.6. The Morgan fingerprint density at radius 3 is 2.92 bits per heavy atom. The number of ether oxygens (including phenoxy) is 1. The molecule has 2 saturated carbocycles. The summed E-state index contributed by atoms with van der Waals surface area (Å²) in [7, 11) is 0. The summed E-state index contributed by atoms with van der Waals surface area (Å²) in [4.78, 5) is 11.0. The smallest absolute Gasteiger partial charge is 0.331 e. The monoisotopic (exact) mass is 164 g/mol. The third-order valence-corrected chi connectivity index (χ3v) is 3.63.